The molecule has 0 aliphatic carbocycles. The number of nitrogens with one attached hydrogen (secondary N) is 2. The number of carboxylic acid groups (broad SMARTS) is 1. The third-order valence-electron chi connectivity index (χ3n) is 9.07. The zero-order chi connectivity index (χ0) is 33.1. The second kappa shape index (κ2) is 20.8. The lowest BCUT2D eigenvalue weighted by molar-refractivity contribution is -0.298. The van der Waals surface area contributed by atoms with Gasteiger partial charge in [-0.3, -0.25) is 14.4 Å². The Kier molecular flexibility index (Phi) is 18.1. The lowest BCUT2D eigenvalue weighted by Gasteiger charge is -2.45. The molecule has 45 heavy (non-hydrogen) atoms. The Morgan fingerprint density at radius 3 is 2.00 bits per heavy atom. The Morgan fingerprint density at radius 2 is 1.44 bits per heavy atom. The van der Waals surface area contributed by atoms with Crippen LogP contribution in [0.5, 0.6) is 0 Å². The van der Waals surface area contributed by atoms with Crippen LogP contribution in [0.3, 0.4) is 0 Å². The summed E-state index contributed by atoms with van der Waals surface area (Å²) in [5.74, 6) is -2.29. The smallest absolute Gasteiger partial charge is 0.304 e. The van der Waals surface area contributed by atoms with Crippen LogP contribution in [-0.2, 0) is 19.1 Å². The fraction of sp³-hybridized carbons (Fsp3) is 0.811. The van der Waals surface area contributed by atoms with Crippen molar-refractivity contribution in [2.24, 2.45) is 5.41 Å². The van der Waals surface area contributed by atoms with E-state index in [0.717, 1.165) is 12.8 Å². The predicted octanol–water partition coefficient (Wildman–Crippen LogP) is 9.09. The molecule has 8 heteroatoms. The van der Waals surface area contributed by atoms with E-state index in [0.29, 0.717) is 43.7 Å². The summed E-state index contributed by atoms with van der Waals surface area (Å²) in [6, 6.07) is 1.72. The molecule has 0 aromatic carbocycles. The van der Waals surface area contributed by atoms with Crippen LogP contribution in [0, 0.1) is 5.41 Å². The number of carbonyl (C=O) groups excluding carboxylic acids is 2. The highest BCUT2D eigenvalue weighted by atomic mass is 16.7. The molecule has 1 aromatic heterocycles. The van der Waals surface area contributed by atoms with Crippen LogP contribution >= 0.6 is 0 Å². The molecule has 2 atom stereocenters. The second-order valence-electron chi connectivity index (χ2n) is 14.3. The van der Waals surface area contributed by atoms with E-state index in [-0.39, 0.29) is 24.0 Å². The van der Waals surface area contributed by atoms with Crippen molar-refractivity contribution in [3.05, 3.63) is 23.5 Å². The maximum Gasteiger partial charge on any atom is 0.304 e. The molecule has 0 saturated carbocycles. The van der Waals surface area contributed by atoms with E-state index in [4.69, 9.17) is 9.47 Å². The van der Waals surface area contributed by atoms with Crippen LogP contribution in [0.15, 0.2) is 12.3 Å². The van der Waals surface area contributed by atoms with Gasteiger partial charge in [0.05, 0.1) is 13.0 Å². The van der Waals surface area contributed by atoms with Gasteiger partial charge in [0.1, 0.15) is 6.10 Å². The Labute approximate surface area is 273 Å². The highest BCUT2D eigenvalue weighted by Crippen LogP contribution is 2.38. The monoisotopic (exact) mass is 632 g/mol. The summed E-state index contributed by atoms with van der Waals surface area (Å²) >= 11 is 0. The number of amides is 1. The largest absolute Gasteiger partial charge is 0.481 e. The predicted molar refractivity (Wildman–Crippen MR) is 181 cm³/mol. The van der Waals surface area contributed by atoms with Gasteiger partial charge in [0.25, 0.3) is 0 Å². The lowest BCUT2D eigenvalue weighted by Crippen LogP contribution is -2.53. The number of aromatic amines is 1. The molecular weight excluding hydrogens is 568 g/mol. The molecular formula is C37H64N2O6. The van der Waals surface area contributed by atoms with E-state index >= 15 is 0 Å². The minimum Gasteiger partial charge on any atom is -0.481 e. The van der Waals surface area contributed by atoms with Crippen molar-refractivity contribution in [1.82, 2.24) is 10.3 Å². The van der Waals surface area contributed by atoms with E-state index in [1.807, 2.05) is 13.8 Å². The Balaban J connectivity index is 1.64. The number of rotatable bonds is 25. The molecule has 0 spiro atoms. The van der Waals surface area contributed by atoms with Crippen molar-refractivity contribution in [2.45, 2.75) is 174 Å². The number of unbranched alkanes of at least 4 members (excludes halogenated alkanes) is 14. The van der Waals surface area contributed by atoms with Crippen LogP contribution in [0.25, 0.3) is 0 Å². The van der Waals surface area contributed by atoms with Crippen molar-refractivity contribution < 1.29 is 29.0 Å². The summed E-state index contributed by atoms with van der Waals surface area (Å²) in [5.41, 5.74) is 0.560. The number of H-pyrrole nitrogens is 1. The van der Waals surface area contributed by atoms with Crippen LogP contribution in [-0.4, -0.2) is 52.8 Å². The maximum absolute atomic E-state index is 13.7. The normalized spacial score (nSPS) is 18.0. The first kappa shape index (κ1) is 39.0. The maximum atomic E-state index is 13.7. The second-order valence-corrected chi connectivity index (χ2v) is 14.3. The lowest BCUT2D eigenvalue weighted by atomic mass is 9.80. The van der Waals surface area contributed by atoms with E-state index in [2.05, 4.69) is 17.2 Å². The minimum atomic E-state index is -0.922. The van der Waals surface area contributed by atoms with E-state index in [9.17, 15) is 19.5 Å². The summed E-state index contributed by atoms with van der Waals surface area (Å²) in [4.78, 5) is 40.9. The number of ether oxygens (including phenoxy) is 2. The first-order chi connectivity index (χ1) is 21.5. The number of carbonyl (C=O) groups is 3. The molecule has 3 N–H and O–H groups in total. The van der Waals surface area contributed by atoms with Gasteiger partial charge in [0, 0.05) is 41.8 Å². The molecule has 2 heterocycles. The molecule has 1 aliphatic rings. The summed E-state index contributed by atoms with van der Waals surface area (Å²) in [5, 5.41) is 12.6. The van der Waals surface area contributed by atoms with Gasteiger partial charge < -0.3 is 24.9 Å². The number of ketones is 1. The summed E-state index contributed by atoms with van der Waals surface area (Å²) in [6.45, 7) is 10.6. The summed E-state index contributed by atoms with van der Waals surface area (Å²) in [6.07, 6.45) is 22.1. The van der Waals surface area contributed by atoms with E-state index in [1.165, 1.54) is 83.5 Å². The van der Waals surface area contributed by atoms with Crippen LogP contribution in [0.2, 0.25) is 0 Å². The fourth-order valence-electron chi connectivity index (χ4n) is 6.28. The third kappa shape index (κ3) is 15.3. The molecule has 1 fully saturated rings. The Bertz CT molecular complexity index is 1000. The van der Waals surface area contributed by atoms with Crippen molar-refractivity contribution >= 4 is 17.7 Å². The van der Waals surface area contributed by atoms with E-state index in [1.54, 1.807) is 26.1 Å². The Morgan fingerprint density at radius 1 is 0.889 bits per heavy atom. The first-order valence-electron chi connectivity index (χ1n) is 18.0. The number of aliphatic carboxylic acids is 1. The molecule has 2 rings (SSSR count). The van der Waals surface area contributed by atoms with Gasteiger partial charge in [0.15, 0.2) is 11.6 Å². The van der Waals surface area contributed by atoms with Crippen molar-refractivity contribution in [2.75, 3.05) is 13.2 Å². The topological polar surface area (TPSA) is 118 Å². The molecule has 0 bridgehead atoms. The number of hydrogen-bond acceptors (Lipinski definition) is 5. The number of carboxylic acids is 1. The molecule has 1 aromatic rings. The van der Waals surface area contributed by atoms with Gasteiger partial charge in [-0.25, -0.2) is 0 Å². The first-order valence-corrected chi connectivity index (χ1v) is 18.0. The third-order valence-corrected chi connectivity index (χ3v) is 9.07. The molecule has 1 amide bonds. The van der Waals surface area contributed by atoms with Gasteiger partial charge in [-0.05, 0) is 39.2 Å². The van der Waals surface area contributed by atoms with Gasteiger partial charge in [0.2, 0.25) is 5.91 Å². The quantitative estimate of drug-likeness (QED) is 0.0731. The summed E-state index contributed by atoms with van der Waals surface area (Å²) in [7, 11) is 0. The van der Waals surface area contributed by atoms with Gasteiger partial charge in [-0.2, -0.15) is 0 Å². The molecule has 1 saturated heterocycles. The molecule has 0 radical (unpaired) electrons. The van der Waals surface area contributed by atoms with Crippen molar-refractivity contribution in [3.8, 4) is 0 Å². The molecule has 1 aliphatic heterocycles. The van der Waals surface area contributed by atoms with E-state index < -0.39 is 23.3 Å². The van der Waals surface area contributed by atoms with Gasteiger partial charge in [-0.1, -0.05) is 111 Å². The number of aromatic nitrogens is 1. The van der Waals surface area contributed by atoms with Crippen LogP contribution < -0.4 is 5.32 Å². The SMILES string of the molecule is CCCCCCCCCCCCCCCCCC(=O)NCCCC(CC(=O)O)c1[nH]ccc1C(=O)C1OC(C)(C)OCC1(C)C. The average Bonchev–Trinajstić information content (AvgIpc) is 3.47. The fourth-order valence-corrected chi connectivity index (χ4v) is 6.28. The highest BCUT2D eigenvalue weighted by Gasteiger charge is 2.46. The molecule has 2 unspecified atom stereocenters. The number of hydrogen-bond donors (Lipinski definition) is 3. The zero-order valence-electron chi connectivity index (χ0n) is 29.1. The Hall–Kier alpha value is -2.19. The highest BCUT2D eigenvalue weighted by molar-refractivity contribution is 6.01. The molecule has 8 nitrogen and oxygen atoms in total. The van der Waals surface area contributed by atoms with Crippen molar-refractivity contribution in [1.29, 1.82) is 0 Å². The standard InChI is InChI=1S/C37H64N2O6/c1-6-7-8-9-10-11-12-13-14-15-16-17-18-19-20-23-31(40)38-25-21-22-29(27-32(41)42)33-30(24-26-39-33)34(43)35-36(2,3)28-44-37(4,5)45-35/h24,26,29,35,39H,6-23,25,27-28H2,1-5H3,(H,38,40)(H,41,42). The zero-order valence-corrected chi connectivity index (χ0v) is 29.1. The number of Topliss-reactive ketones (excluding diaryl/α,β-unsaturated/α-hetero) is 1. The summed E-state index contributed by atoms with van der Waals surface area (Å²) < 4.78 is 11.8. The molecule has 258 valence electrons. The van der Waals surface area contributed by atoms with Crippen LogP contribution in [0.1, 0.15) is 179 Å². The van der Waals surface area contributed by atoms with Gasteiger partial charge in [-0.15, -0.1) is 0 Å². The minimum absolute atomic E-state index is 0.0525. The van der Waals surface area contributed by atoms with Crippen molar-refractivity contribution in [3.63, 3.8) is 0 Å². The van der Waals surface area contributed by atoms with Gasteiger partial charge >= 0.3 is 5.97 Å². The average molecular weight is 633 g/mol. The van der Waals surface area contributed by atoms with Crippen LogP contribution in [0.4, 0.5) is 0 Å².